The van der Waals surface area contributed by atoms with Gasteiger partial charge in [0.15, 0.2) is 5.13 Å². The number of nitrogens with zero attached hydrogens (tertiary/aromatic N) is 2. The normalized spacial score (nSPS) is 11.0. The zero-order valence-electron chi connectivity index (χ0n) is 13.8. The number of halogens is 1. The van der Waals surface area contributed by atoms with Gasteiger partial charge in [0, 0.05) is 4.88 Å². The fraction of sp³-hybridized carbons (Fsp3) is 0.100. The summed E-state index contributed by atoms with van der Waals surface area (Å²) in [5.41, 5.74) is 1.73. The molecule has 2 aromatic carbocycles. The molecule has 0 fully saturated rings. The molecule has 2 heterocycles. The van der Waals surface area contributed by atoms with Crippen LogP contribution in [0.25, 0.3) is 10.2 Å². The number of thiazole rings is 1. The van der Waals surface area contributed by atoms with E-state index in [2.05, 4.69) is 4.98 Å². The van der Waals surface area contributed by atoms with Gasteiger partial charge in [-0.15, -0.1) is 11.3 Å². The van der Waals surface area contributed by atoms with Crippen LogP contribution < -0.4 is 4.90 Å². The number of anilines is 1. The van der Waals surface area contributed by atoms with Gasteiger partial charge < -0.3 is 0 Å². The molecule has 0 aliphatic rings. The minimum atomic E-state index is -0.299. The number of hydrogen-bond donors (Lipinski definition) is 0. The first kappa shape index (κ1) is 16.9. The number of benzene rings is 2. The van der Waals surface area contributed by atoms with Gasteiger partial charge >= 0.3 is 0 Å². The molecule has 0 aliphatic heterocycles. The SMILES string of the molecule is O=C(Cc1cccs1)N(Cc1ccccc1)c1nc2ccc(F)cc2s1. The highest BCUT2D eigenvalue weighted by Gasteiger charge is 2.21. The van der Waals surface area contributed by atoms with Crippen LogP contribution in [-0.2, 0) is 17.8 Å². The quantitative estimate of drug-likeness (QED) is 0.471. The summed E-state index contributed by atoms with van der Waals surface area (Å²) in [6, 6.07) is 18.2. The highest BCUT2D eigenvalue weighted by atomic mass is 32.1. The van der Waals surface area contributed by atoms with E-state index in [1.54, 1.807) is 22.3 Å². The van der Waals surface area contributed by atoms with Crippen LogP contribution in [0, 0.1) is 5.82 Å². The number of aromatic nitrogens is 1. The van der Waals surface area contributed by atoms with Gasteiger partial charge in [0.05, 0.1) is 23.2 Å². The number of carbonyl (C=O) groups is 1. The van der Waals surface area contributed by atoms with Crippen LogP contribution in [0.3, 0.4) is 0 Å². The zero-order chi connectivity index (χ0) is 17.9. The summed E-state index contributed by atoms with van der Waals surface area (Å²) in [4.78, 5) is 20.3. The van der Waals surface area contributed by atoms with Crippen molar-refractivity contribution in [3.05, 3.63) is 82.3 Å². The predicted octanol–water partition coefficient (Wildman–Crippen LogP) is 5.27. The van der Waals surface area contributed by atoms with Crippen LogP contribution in [0.5, 0.6) is 0 Å². The molecular formula is C20H15FN2OS2. The minimum absolute atomic E-state index is 0.0177. The molecule has 1 amide bonds. The Morgan fingerprint density at radius 1 is 1.08 bits per heavy atom. The maximum Gasteiger partial charge on any atom is 0.234 e. The summed E-state index contributed by atoms with van der Waals surface area (Å²) >= 11 is 2.90. The summed E-state index contributed by atoms with van der Waals surface area (Å²) in [5, 5.41) is 2.56. The van der Waals surface area contributed by atoms with E-state index in [4.69, 9.17) is 0 Å². The van der Waals surface area contributed by atoms with Gasteiger partial charge in [-0.2, -0.15) is 0 Å². The van der Waals surface area contributed by atoms with Crippen molar-refractivity contribution < 1.29 is 9.18 Å². The molecule has 26 heavy (non-hydrogen) atoms. The number of rotatable bonds is 5. The number of amides is 1. The second kappa shape index (κ2) is 7.35. The Labute approximate surface area is 158 Å². The fourth-order valence-electron chi connectivity index (χ4n) is 2.69. The molecule has 4 rings (SSSR count). The van der Waals surface area contributed by atoms with Crippen molar-refractivity contribution >= 4 is 43.9 Å². The van der Waals surface area contributed by atoms with E-state index in [0.29, 0.717) is 23.6 Å². The molecule has 0 spiro atoms. The third kappa shape index (κ3) is 3.66. The molecule has 0 unspecified atom stereocenters. The van der Waals surface area contributed by atoms with Gasteiger partial charge in [0.2, 0.25) is 5.91 Å². The van der Waals surface area contributed by atoms with Gasteiger partial charge in [0.1, 0.15) is 5.82 Å². The van der Waals surface area contributed by atoms with E-state index < -0.39 is 0 Å². The number of carbonyl (C=O) groups excluding carboxylic acids is 1. The van der Waals surface area contributed by atoms with E-state index in [1.165, 1.54) is 23.5 Å². The van der Waals surface area contributed by atoms with Crippen molar-refractivity contribution in [3.63, 3.8) is 0 Å². The van der Waals surface area contributed by atoms with E-state index in [9.17, 15) is 9.18 Å². The molecule has 0 aliphatic carbocycles. The van der Waals surface area contributed by atoms with Crippen molar-refractivity contribution in [1.82, 2.24) is 4.98 Å². The lowest BCUT2D eigenvalue weighted by molar-refractivity contribution is -0.118. The monoisotopic (exact) mass is 382 g/mol. The van der Waals surface area contributed by atoms with Gasteiger partial charge in [-0.25, -0.2) is 9.37 Å². The summed E-state index contributed by atoms with van der Waals surface area (Å²) in [6.07, 6.45) is 0.328. The van der Waals surface area contributed by atoms with Crippen LogP contribution in [0.2, 0.25) is 0 Å². The van der Waals surface area contributed by atoms with E-state index >= 15 is 0 Å². The average molecular weight is 382 g/mol. The van der Waals surface area contributed by atoms with Gasteiger partial charge in [-0.05, 0) is 35.2 Å². The summed E-state index contributed by atoms with van der Waals surface area (Å²) in [5.74, 6) is -0.317. The van der Waals surface area contributed by atoms with Gasteiger partial charge in [-0.3, -0.25) is 9.69 Å². The van der Waals surface area contributed by atoms with E-state index in [-0.39, 0.29) is 11.7 Å². The fourth-order valence-corrected chi connectivity index (χ4v) is 4.39. The van der Waals surface area contributed by atoms with Crippen LogP contribution in [0.1, 0.15) is 10.4 Å². The molecule has 0 bridgehead atoms. The van der Waals surface area contributed by atoms with E-state index in [0.717, 1.165) is 15.1 Å². The van der Waals surface area contributed by atoms with Crippen LogP contribution in [-0.4, -0.2) is 10.9 Å². The Balaban J connectivity index is 1.69. The molecule has 0 N–H and O–H groups in total. The third-order valence-corrected chi connectivity index (χ3v) is 5.88. The first-order valence-corrected chi connectivity index (χ1v) is 9.81. The van der Waals surface area contributed by atoms with Crippen molar-refractivity contribution in [2.45, 2.75) is 13.0 Å². The van der Waals surface area contributed by atoms with Crippen molar-refractivity contribution in [2.24, 2.45) is 0 Å². The molecule has 0 radical (unpaired) electrons. The third-order valence-electron chi connectivity index (χ3n) is 3.96. The second-order valence-electron chi connectivity index (χ2n) is 5.83. The molecule has 3 nitrogen and oxygen atoms in total. The lowest BCUT2D eigenvalue weighted by Crippen LogP contribution is -2.31. The Kier molecular flexibility index (Phi) is 4.77. The molecule has 4 aromatic rings. The summed E-state index contributed by atoms with van der Waals surface area (Å²) < 4.78 is 14.2. The minimum Gasteiger partial charge on any atom is -0.283 e. The second-order valence-corrected chi connectivity index (χ2v) is 7.87. The van der Waals surface area contributed by atoms with Crippen molar-refractivity contribution in [3.8, 4) is 0 Å². The number of thiophene rings is 1. The van der Waals surface area contributed by atoms with Crippen LogP contribution in [0.4, 0.5) is 9.52 Å². The maximum atomic E-state index is 13.5. The lowest BCUT2D eigenvalue weighted by Gasteiger charge is -2.19. The maximum absolute atomic E-state index is 13.5. The Hall–Kier alpha value is -2.57. The molecule has 0 atom stereocenters. The molecular weight excluding hydrogens is 367 g/mol. The van der Waals surface area contributed by atoms with Gasteiger partial charge in [0.25, 0.3) is 0 Å². The van der Waals surface area contributed by atoms with Gasteiger partial charge in [-0.1, -0.05) is 47.7 Å². The molecule has 6 heteroatoms. The Bertz CT molecular complexity index is 1030. The van der Waals surface area contributed by atoms with Crippen LogP contribution >= 0.6 is 22.7 Å². The van der Waals surface area contributed by atoms with Crippen molar-refractivity contribution in [1.29, 1.82) is 0 Å². The average Bonchev–Trinajstić information content (AvgIpc) is 3.29. The topological polar surface area (TPSA) is 33.2 Å². The van der Waals surface area contributed by atoms with E-state index in [1.807, 2.05) is 47.8 Å². The first-order valence-electron chi connectivity index (χ1n) is 8.12. The summed E-state index contributed by atoms with van der Waals surface area (Å²) in [7, 11) is 0. The van der Waals surface area contributed by atoms with Crippen molar-refractivity contribution in [2.75, 3.05) is 4.90 Å². The summed E-state index contributed by atoms with van der Waals surface area (Å²) in [6.45, 7) is 0.438. The highest BCUT2D eigenvalue weighted by Crippen LogP contribution is 2.31. The highest BCUT2D eigenvalue weighted by molar-refractivity contribution is 7.22. The zero-order valence-corrected chi connectivity index (χ0v) is 15.4. The Morgan fingerprint density at radius 3 is 2.69 bits per heavy atom. The molecule has 2 aromatic heterocycles. The Morgan fingerprint density at radius 2 is 1.92 bits per heavy atom. The lowest BCUT2D eigenvalue weighted by atomic mass is 10.2. The first-order chi connectivity index (χ1) is 12.7. The number of fused-ring (bicyclic) bond motifs is 1. The molecule has 0 saturated heterocycles. The van der Waals surface area contributed by atoms with Crippen LogP contribution in [0.15, 0.2) is 66.0 Å². The molecule has 0 saturated carbocycles. The smallest absolute Gasteiger partial charge is 0.234 e. The standard InChI is InChI=1S/C20H15FN2OS2/c21-15-8-9-17-18(11-15)26-20(22-17)23(13-14-5-2-1-3-6-14)19(24)12-16-7-4-10-25-16/h1-11H,12-13H2. The predicted molar refractivity (Wildman–Crippen MR) is 105 cm³/mol. The largest absolute Gasteiger partial charge is 0.283 e. The number of hydrogen-bond acceptors (Lipinski definition) is 4. The molecule has 130 valence electrons.